The van der Waals surface area contributed by atoms with E-state index in [1.807, 2.05) is 89.2 Å². The summed E-state index contributed by atoms with van der Waals surface area (Å²) in [5, 5.41) is 0.759. The predicted octanol–water partition coefficient (Wildman–Crippen LogP) is 5.20. The average molecular weight is 517 g/mol. The van der Waals surface area contributed by atoms with Gasteiger partial charge in [0.15, 0.2) is 0 Å². The number of hydrogen-bond donors (Lipinski definition) is 0. The van der Waals surface area contributed by atoms with Crippen molar-refractivity contribution in [2.75, 3.05) is 0 Å². The van der Waals surface area contributed by atoms with Gasteiger partial charge < -0.3 is 14.0 Å². The van der Waals surface area contributed by atoms with Crippen LogP contribution in [0.3, 0.4) is 0 Å². The standard InChI is InChI=1S/C29H32BNO5S/c1-21-15-17-23(18-16-21)37(32,33)31-25-14-10-9-13-24(25)27(30-35-28(2,3)29(4,5)36-30)26(31)20-34-19-22-11-7-6-8-12-22/h6-18H,19-20H2,1-5H3. The maximum absolute atomic E-state index is 14.1. The lowest BCUT2D eigenvalue weighted by atomic mass is 9.77. The summed E-state index contributed by atoms with van der Waals surface area (Å²) in [6.45, 7) is 10.3. The Morgan fingerprint density at radius 1 is 0.811 bits per heavy atom. The van der Waals surface area contributed by atoms with Crippen LogP contribution in [0, 0.1) is 6.92 Å². The Morgan fingerprint density at radius 3 is 2.05 bits per heavy atom. The van der Waals surface area contributed by atoms with E-state index < -0.39 is 28.3 Å². The van der Waals surface area contributed by atoms with Gasteiger partial charge in [0.1, 0.15) is 0 Å². The van der Waals surface area contributed by atoms with Gasteiger partial charge in [-0.15, -0.1) is 0 Å². The van der Waals surface area contributed by atoms with Crippen LogP contribution in [0.25, 0.3) is 10.9 Å². The number of fused-ring (bicyclic) bond motifs is 1. The normalized spacial score (nSPS) is 16.9. The molecule has 1 aromatic heterocycles. The van der Waals surface area contributed by atoms with E-state index in [0.717, 1.165) is 16.5 Å². The van der Waals surface area contributed by atoms with Crippen molar-refractivity contribution in [3.63, 3.8) is 0 Å². The highest BCUT2D eigenvalue weighted by Crippen LogP contribution is 2.38. The predicted molar refractivity (Wildman–Crippen MR) is 146 cm³/mol. The number of nitrogens with zero attached hydrogens (tertiary/aromatic N) is 1. The largest absolute Gasteiger partial charge is 0.497 e. The molecule has 5 rings (SSSR count). The molecule has 3 aromatic carbocycles. The van der Waals surface area contributed by atoms with E-state index in [-0.39, 0.29) is 11.5 Å². The van der Waals surface area contributed by atoms with Gasteiger partial charge in [-0.25, -0.2) is 12.4 Å². The van der Waals surface area contributed by atoms with Crippen LogP contribution in [-0.2, 0) is 37.3 Å². The maximum atomic E-state index is 14.1. The monoisotopic (exact) mass is 517 g/mol. The van der Waals surface area contributed by atoms with E-state index >= 15 is 0 Å². The first-order valence-electron chi connectivity index (χ1n) is 12.4. The highest BCUT2D eigenvalue weighted by Gasteiger charge is 2.53. The summed E-state index contributed by atoms with van der Waals surface area (Å²) in [6.07, 6.45) is 0. The molecule has 0 aliphatic carbocycles. The number of benzene rings is 3. The average Bonchev–Trinajstić information content (AvgIpc) is 3.29. The summed E-state index contributed by atoms with van der Waals surface area (Å²) in [5.41, 5.74) is 2.56. The summed E-state index contributed by atoms with van der Waals surface area (Å²) >= 11 is 0. The van der Waals surface area contributed by atoms with Crippen molar-refractivity contribution in [1.82, 2.24) is 3.97 Å². The van der Waals surface area contributed by atoms with Crippen LogP contribution in [0.5, 0.6) is 0 Å². The molecule has 2 heterocycles. The van der Waals surface area contributed by atoms with Crippen molar-refractivity contribution in [1.29, 1.82) is 0 Å². The summed E-state index contributed by atoms with van der Waals surface area (Å²) < 4.78 is 48.6. The molecule has 0 amide bonds. The SMILES string of the molecule is Cc1ccc(S(=O)(=O)n2c(COCc3ccccc3)c(B3OC(C)(C)C(C)(C)O3)c3ccccc32)cc1. The molecule has 0 spiro atoms. The number of hydrogen-bond acceptors (Lipinski definition) is 5. The zero-order chi connectivity index (χ0) is 26.4. The third-order valence-electron chi connectivity index (χ3n) is 7.37. The number of aryl methyl sites for hydroxylation is 1. The Hall–Kier alpha value is -2.91. The summed E-state index contributed by atoms with van der Waals surface area (Å²) in [6, 6.07) is 24.2. The van der Waals surface area contributed by atoms with E-state index in [9.17, 15) is 8.42 Å². The molecule has 0 saturated carbocycles. The topological polar surface area (TPSA) is 66.8 Å². The van der Waals surface area contributed by atoms with Crippen LogP contribution in [0.15, 0.2) is 83.8 Å². The first-order valence-corrected chi connectivity index (χ1v) is 13.9. The fourth-order valence-corrected chi connectivity index (χ4v) is 6.13. The highest BCUT2D eigenvalue weighted by molar-refractivity contribution is 7.90. The smallest absolute Gasteiger partial charge is 0.399 e. The van der Waals surface area contributed by atoms with Crippen LogP contribution < -0.4 is 5.46 Å². The molecule has 0 unspecified atom stereocenters. The van der Waals surface area contributed by atoms with E-state index in [1.165, 1.54) is 3.97 Å². The quantitative estimate of drug-likeness (QED) is 0.315. The van der Waals surface area contributed by atoms with Crippen molar-refractivity contribution < 1.29 is 22.5 Å². The molecule has 4 aromatic rings. The molecule has 1 fully saturated rings. The number of rotatable bonds is 7. The Labute approximate surface area is 219 Å². The number of para-hydroxylation sites is 1. The fraction of sp³-hybridized carbons (Fsp3) is 0.310. The molecule has 37 heavy (non-hydrogen) atoms. The lowest BCUT2D eigenvalue weighted by molar-refractivity contribution is 0.00578. The van der Waals surface area contributed by atoms with Gasteiger partial charge in [-0.2, -0.15) is 0 Å². The molecule has 1 aliphatic rings. The highest BCUT2D eigenvalue weighted by atomic mass is 32.2. The van der Waals surface area contributed by atoms with Gasteiger partial charge in [-0.3, -0.25) is 0 Å². The molecule has 8 heteroatoms. The third kappa shape index (κ3) is 4.63. The van der Waals surface area contributed by atoms with Gasteiger partial charge in [0.25, 0.3) is 10.0 Å². The second-order valence-corrected chi connectivity index (χ2v) is 12.3. The minimum absolute atomic E-state index is 0.0636. The van der Waals surface area contributed by atoms with Crippen LogP contribution in [0.4, 0.5) is 0 Å². The molecule has 1 saturated heterocycles. The minimum Gasteiger partial charge on any atom is -0.399 e. The lowest BCUT2D eigenvalue weighted by Crippen LogP contribution is -2.41. The third-order valence-corrected chi connectivity index (χ3v) is 9.13. The molecule has 6 nitrogen and oxygen atoms in total. The first-order chi connectivity index (χ1) is 17.5. The van der Waals surface area contributed by atoms with Gasteiger partial charge >= 0.3 is 7.12 Å². The van der Waals surface area contributed by atoms with Gasteiger partial charge in [0.05, 0.1) is 40.5 Å². The Balaban J connectivity index is 1.68. The Kier molecular flexibility index (Phi) is 6.57. The molecule has 192 valence electrons. The molecule has 0 radical (unpaired) electrons. The molecular weight excluding hydrogens is 485 g/mol. The Morgan fingerprint density at radius 2 is 1.41 bits per heavy atom. The van der Waals surface area contributed by atoms with Crippen LogP contribution >= 0.6 is 0 Å². The summed E-state index contributed by atoms with van der Waals surface area (Å²) in [5.74, 6) is 0. The maximum Gasteiger partial charge on any atom is 0.497 e. The molecule has 0 bridgehead atoms. The molecule has 0 atom stereocenters. The van der Waals surface area contributed by atoms with Gasteiger partial charge in [0.2, 0.25) is 0 Å². The van der Waals surface area contributed by atoms with Crippen molar-refractivity contribution in [2.45, 2.75) is 63.9 Å². The lowest BCUT2D eigenvalue weighted by Gasteiger charge is -2.32. The zero-order valence-electron chi connectivity index (χ0n) is 21.9. The van der Waals surface area contributed by atoms with E-state index in [2.05, 4.69) is 0 Å². The second-order valence-electron chi connectivity index (χ2n) is 10.5. The number of ether oxygens (including phenoxy) is 1. The zero-order valence-corrected chi connectivity index (χ0v) is 22.7. The van der Waals surface area contributed by atoms with Crippen LogP contribution in [-0.4, -0.2) is 30.7 Å². The van der Waals surface area contributed by atoms with Crippen molar-refractivity contribution in [3.05, 3.63) is 95.7 Å². The van der Waals surface area contributed by atoms with Gasteiger partial charge in [-0.1, -0.05) is 66.2 Å². The van der Waals surface area contributed by atoms with Crippen molar-refractivity contribution in [3.8, 4) is 0 Å². The fourth-order valence-electron chi connectivity index (χ4n) is 4.58. The summed E-state index contributed by atoms with van der Waals surface area (Å²) in [7, 11) is -4.70. The first kappa shape index (κ1) is 25.7. The van der Waals surface area contributed by atoms with E-state index in [4.69, 9.17) is 14.0 Å². The minimum atomic E-state index is -3.95. The van der Waals surface area contributed by atoms with Crippen LogP contribution in [0.1, 0.15) is 44.5 Å². The Bertz CT molecular complexity index is 1510. The molecule has 0 N–H and O–H groups in total. The van der Waals surface area contributed by atoms with Gasteiger partial charge in [-0.05, 0) is 58.4 Å². The van der Waals surface area contributed by atoms with Gasteiger partial charge in [0, 0.05) is 10.8 Å². The second kappa shape index (κ2) is 9.44. The molecular formula is C29H32BNO5S. The van der Waals surface area contributed by atoms with E-state index in [1.54, 1.807) is 24.3 Å². The van der Waals surface area contributed by atoms with Crippen molar-refractivity contribution >= 4 is 33.5 Å². The van der Waals surface area contributed by atoms with Crippen molar-refractivity contribution in [2.24, 2.45) is 0 Å². The van der Waals surface area contributed by atoms with E-state index in [0.29, 0.717) is 23.3 Å². The van der Waals surface area contributed by atoms with Crippen LogP contribution in [0.2, 0.25) is 0 Å². The number of aromatic nitrogens is 1. The summed E-state index contributed by atoms with van der Waals surface area (Å²) in [4.78, 5) is 0.212. The molecule has 1 aliphatic heterocycles.